The Morgan fingerprint density at radius 3 is 2.29 bits per heavy atom. The fourth-order valence-electron chi connectivity index (χ4n) is 8.25. The van der Waals surface area contributed by atoms with Gasteiger partial charge in [-0.2, -0.15) is 9.97 Å². The third-order valence-corrected chi connectivity index (χ3v) is 13.7. The number of likely N-dealkylation sites (tertiary alicyclic amines) is 1. The van der Waals surface area contributed by atoms with Crippen LogP contribution in [0.3, 0.4) is 0 Å². The van der Waals surface area contributed by atoms with Gasteiger partial charge in [-0.1, -0.05) is 39.7 Å². The zero-order valence-corrected chi connectivity index (χ0v) is 34.6. The third-order valence-electron chi connectivity index (χ3n) is 11.8. The molecule has 18 heteroatoms. The first-order chi connectivity index (χ1) is 28.0. The molecule has 0 spiro atoms. The number of nitrogens with zero attached hydrogens (tertiary/aromatic N) is 3. The summed E-state index contributed by atoms with van der Waals surface area (Å²) in [6, 6.07) is 5.23. The fourth-order valence-corrected chi connectivity index (χ4v) is 9.61. The summed E-state index contributed by atoms with van der Waals surface area (Å²) < 4.78 is 53.5. The number of ether oxygens (including phenoxy) is 2. The second-order valence-corrected chi connectivity index (χ2v) is 19.6. The quantitative estimate of drug-likeness (QED) is 0.153. The lowest BCUT2D eigenvalue weighted by Gasteiger charge is -2.35. The van der Waals surface area contributed by atoms with Gasteiger partial charge in [-0.25, -0.2) is 17.6 Å². The molecule has 0 unspecified atom stereocenters. The number of hydrogen-bond acceptors (Lipinski definition) is 12. The summed E-state index contributed by atoms with van der Waals surface area (Å²) in [6.45, 7) is 9.06. The van der Waals surface area contributed by atoms with Crippen molar-refractivity contribution in [3.63, 3.8) is 0 Å². The first-order valence-electron chi connectivity index (χ1n) is 20.7. The Labute approximate surface area is 344 Å². The van der Waals surface area contributed by atoms with Gasteiger partial charge in [-0.15, -0.1) is 6.58 Å². The molecule has 1 aromatic carbocycles. The van der Waals surface area contributed by atoms with Crippen LogP contribution in [0.2, 0.25) is 0 Å². The van der Waals surface area contributed by atoms with E-state index >= 15 is 0 Å². The number of rotatable bonds is 15. The van der Waals surface area contributed by atoms with Crippen molar-refractivity contribution in [2.75, 3.05) is 17.2 Å². The summed E-state index contributed by atoms with van der Waals surface area (Å²) >= 11 is 0. The van der Waals surface area contributed by atoms with Crippen LogP contribution in [0.15, 0.2) is 43.0 Å². The Kier molecular flexibility index (Phi) is 12.1. The van der Waals surface area contributed by atoms with Crippen molar-refractivity contribution in [2.24, 2.45) is 11.3 Å². The fraction of sp³-hybridized carbons (Fsp3) is 0.610. The normalized spacial score (nSPS) is 25.2. The Morgan fingerprint density at radius 2 is 1.66 bits per heavy atom. The molecule has 4 saturated carbocycles. The molecular formula is C41H55FN8O8S. The molecule has 1 saturated heterocycles. The summed E-state index contributed by atoms with van der Waals surface area (Å²) in [5.74, 6) is -2.27. The topological polar surface area (TPSA) is 210 Å². The molecule has 5 atom stereocenters. The molecule has 7 rings (SSSR count). The van der Waals surface area contributed by atoms with Crippen molar-refractivity contribution >= 4 is 51.3 Å². The lowest BCUT2D eigenvalue weighted by Crippen LogP contribution is -2.60. The molecule has 2 heterocycles. The number of amides is 4. The van der Waals surface area contributed by atoms with Crippen LogP contribution < -0.4 is 30.7 Å². The van der Waals surface area contributed by atoms with Crippen molar-refractivity contribution in [3.8, 4) is 5.88 Å². The van der Waals surface area contributed by atoms with E-state index in [4.69, 9.17) is 9.47 Å². The van der Waals surface area contributed by atoms with Crippen LogP contribution >= 0.6 is 0 Å². The van der Waals surface area contributed by atoms with Gasteiger partial charge in [0, 0.05) is 30.1 Å². The van der Waals surface area contributed by atoms with Crippen LogP contribution in [-0.2, 0) is 29.1 Å². The van der Waals surface area contributed by atoms with Gasteiger partial charge in [0.2, 0.25) is 33.7 Å². The molecule has 4 aliphatic carbocycles. The standard InChI is InChI=1S/C41H55FN8O8S/c1-5-24-22-41(24,37(53)49-59(55,56)30-18-19-30)48-35(51)31-20-29(23-50(31)36(52)34(40(2,3)4)47-39(54)58-28-12-8-9-13-28)57-33-21-32(43-26-10-6-7-11-26)45-38(46-33)44-27-16-14-25(42)15-17-27/h5,14-17,21,24,26,28-31,34H,1,6-13,18-20,22-23H2,2-4H3,(H,47,54)(H,48,51)(H,49,53)(H2,43,44,45,46)/t24-,29-,31+,34-,41-/m1/s1. The number of anilines is 3. The molecule has 320 valence electrons. The summed E-state index contributed by atoms with van der Waals surface area (Å²) in [7, 11) is -3.93. The van der Waals surface area contributed by atoms with Crippen LogP contribution in [0, 0.1) is 17.2 Å². The van der Waals surface area contributed by atoms with Gasteiger partial charge >= 0.3 is 6.09 Å². The highest BCUT2D eigenvalue weighted by Gasteiger charge is 2.62. The number of aromatic nitrogens is 2. The van der Waals surface area contributed by atoms with E-state index in [0.717, 1.165) is 51.4 Å². The predicted molar refractivity (Wildman–Crippen MR) is 217 cm³/mol. The number of hydrogen-bond donors (Lipinski definition) is 5. The maximum atomic E-state index is 14.7. The molecule has 1 aliphatic heterocycles. The monoisotopic (exact) mass is 838 g/mol. The second kappa shape index (κ2) is 16.9. The Morgan fingerprint density at radius 1 is 0.983 bits per heavy atom. The summed E-state index contributed by atoms with van der Waals surface area (Å²) in [5, 5.41) is 11.4. The molecule has 5 N–H and O–H groups in total. The lowest BCUT2D eigenvalue weighted by molar-refractivity contribution is -0.143. The highest BCUT2D eigenvalue weighted by Crippen LogP contribution is 2.45. The minimum Gasteiger partial charge on any atom is -0.472 e. The van der Waals surface area contributed by atoms with Crippen LogP contribution in [0.5, 0.6) is 5.88 Å². The molecule has 1 aromatic heterocycles. The average molecular weight is 839 g/mol. The SMILES string of the molecule is C=C[C@@H]1C[C@]1(NC(=O)[C@@H]1C[C@@H](Oc2cc(NC3CCCC3)nc(Nc3ccc(F)cc3)n2)CN1C(=O)[C@@H](NC(=O)OC1CCCC1)C(C)(C)C)C(=O)NS(=O)(=O)C1CC1. The largest absolute Gasteiger partial charge is 0.472 e. The Bertz CT molecular complexity index is 2030. The van der Waals surface area contributed by atoms with E-state index in [-0.39, 0.29) is 43.4 Å². The number of halogens is 1. The van der Waals surface area contributed by atoms with Gasteiger partial charge in [0.15, 0.2) is 0 Å². The van der Waals surface area contributed by atoms with E-state index in [2.05, 4.69) is 42.5 Å². The number of benzene rings is 1. The molecule has 5 fully saturated rings. The maximum absolute atomic E-state index is 14.7. The van der Waals surface area contributed by atoms with Crippen molar-refractivity contribution < 1.29 is 41.5 Å². The van der Waals surface area contributed by atoms with E-state index < -0.39 is 80.0 Å². The first-order valence-corrected chi connectivity index (χ1v) is 22.2. The van der Waals surface area contributed by atoms with Crippen LogP contribution in [0.1, 0.15) is 97.8 Å². The predicted octanol–water partition coefficient (Wildman–Crippen LogP) is 4.81. The highest BCUT2D eigenvalue weighted by molar-refractivity contribution is 7.91. The van der Waals surface area contributed by atoms with E-state index in [9.17, 15) is 32.0 Å². The van der Waals surface area contributed by atoms with Crippen molar-refractivity contribution in [1.82, 2.24) is 30.2 Å². The van der Waals surface area contributed by atoms with E-state index in [0.29, 0.717) is 24.3 Å². The van der Waals surface area contributed by atoms with Crippen LogP contribution in [0.25, 0.3) is 0 Å². The minimum absolute atomic E-state index is 0.0338. The maximum Gasteiger partial charge on any atom is 0.408 e. The summed E-state index contributed by atoms with van der Waals surface area (Å²) in [6.07, 6.45) is 8.13. The number of nitrogens with one attached hydrogen (secondary N) is 5. The van der Waals surface area contributed by atoms with Gasteiger partial charge in [-0.05, 0) is 87.5 Å². The van der Waals surface area contributed by atoms with E-state index in [1.54, 1.807) is 39.0 Å². The Hall–Kier alpha value is -5.00. The molecule has 16 nitrogen and oxygen atoms in total. The van der Waals surface area contributed by atoms with E-state index in [1.807, 2.05) is 0 Å². The van der Waals surface area contributed by atoms with Crippen molar-refractivity contribution in [1.29, 1.82) is 0 Å². The molecule has 2 aromatic rings. The van der Waals surface area contributed by atoms with Crippen LogP contribution in [-0.4, -0.2) is 94.8 Å². The lowest BCUT2D eigenvalue weighted by atomic mass is 9.85. The van der Waals surface area contributed by atoms with E-state index in [1.165, 1.54) is 23.1 Å². The molecule has 0 radical (unpaired) electrons. The Balaban J connectivity index is 1.16. The smallest absolute Gasteiger partial charge is 0.408 e. The highest BCUT2D eigenvalue weighted by atomic mass is 32.2. The number of sulfonamides is 1. The zero-order chi connectivity index (χ0) is 42.1. The molecule has 0 bridgehead atoms. The van der Waals surface area contributed by atoms with Gasteiger partial charge in [-0.3, -0.25) is 19.1 Å². The minimum atomic E-state index is -3.93. The second-order valence-electron chi connectivity index (χ2n) is 17.6. The van der Waals surface area contributed by atoms with Crippen molar-refractivity contribution in [2.45, 2.75) is 139 Å². The van der Waals surface area contributed by atoms with Gasteiger partial charge in [0.05, 0.1) is 11.8 Å². The summed E-state index contributed by atoms with van der Waals surface area (Å²) in [5.41, 5.74) is -1.88. The zero-order valence-electron chi connectivity index (χ0n) is 33.8. The van der Waals surface area contributed by atoms with Gasteiger partial charge in [0.1, 0.15) is 41.5 Å². The number of carbonyl (C=O) groups is 4. The summed E-state index contributed by atoms with van der Waals surface area (Å²) in [4.78, 5) is 66.4. The van der Waals surface area contributed by atoms with Crippen molar-refractivity contribution in [3.05, 3.63) is 48.8 Å². The molecule has 5 aliphatic rings. The molecular weight excluding hydrogens is 784 g/mol. The van der Waals surface area contributed by atoms with Crippen LogP contribution in [0.4, 0.5) is 26.6 Å². The average Bonchev–Trinajstić information content (AvgIpc) is 3.95. The third kappa shape index (κ3) is 10.1. The first kappa shape index (κ1) is 42.1. The van der Waals surface area contributed by atoms with Gasteiger partial charge in [0.25, 0.3) is 5.91 Å². The number of carbonyl (C=O) groups excluding carboxylic acids is 4. The number of alkyl carbamates (subject to hydrolysis) is 1. The molecule has 59 heavy (non-hydrogen) atoms. The molecule has 4 amide bonds. The van der Waals surface area contributed by atoms with Gasteiger partial charge < -0.3 is 35.6 Å².